The molecule has 0 aliphatic rings. The smallest absolute Gasteiger partial charge is 0.129 e. The van der Waals surface area contributed by atoms with Gasteiger partial charge in [0.2, 0.25) is 0 Å². The van der Waals surface area contributed by atoms with Crippen LogP contribution >= 0.6 is 0 Å². The van der Waals surface area contributed by atoms with Crippen LogP contribution in [-0.2, 0) is 0 Å². The van der Waals surface area contributed by atoms with Crippen molar-refractivity contribution in [2.75, 3.05) is 6.54 Å². The molecule has 0 spiro atoms. The Morgan fingerprint density at radius 3 is 2.71 bits per heavy atom. The molecule has 0 amide bonds. The van der Waals surface area contributed by atoms with Crippen molar-refractivity contribution in [3.63, 3.8) is 0 Å². The summed E-state index contributed by atoms with van der Waals surface area (Å²) < 4.78 is 25.8. The van der Waals surface area contributed by atoms with E-state index in [0.717, 1.165) is 18.2 Å². The minimum Gasteiger partial charge on any atom is -0.388 e. The predicted molar refractivity (Wildman–Crippen MR) is 49.6 cm³/mol. The zero-order valence-corrected chi connectivity index (χ0v) is 7.71. The summed E-state index contributed by atoms with van der Waals surface area (Å²) in [5.41, 5.74) is 5.24. The van der Waals surface area contributed by atoms with Crippen molar-refractivity contribution < 1.29 is 13.9 Å². The molecular formula is C10H13F2NO. The van der Waals surface area contributed by atoms with Crippen molar-refractivity contribution in [3.8, 4) is 0 Å². The maximum atomic E-state index is 13.1. The third-order valence-corrected chi connectivity index (χ3v) is 2.00. The van der Waals surface area contributed by atoms with Gasteiger partial charge in [-0.3, -0.25) is 0 Å². The molecule has 0 heterocycles. The second-order valence-corrected chi connectivity index (χ2v) is 3.11. The van der Waals surface area contributed by atoms with E-state index in [1.54, 1.807) is 0 Å². The molecule has 0 aliphatic heterocycles. The second kappa shape index (κ2) is 5.02. The van der Waals surface area contributed by atoms with Gasteiger partial charge in [0.1, 0.15) is 11.6 Å². The SMILES string of the molecule is NCCCC(O)c1cc(F)ccc1F. The Morgan fingerprint density at radius 2 is 2.07 bits per heavy atom. The number of halogens is 2. The maximum absolute atomic E-state index is 13.1. The molecule has 0 saturated heterocycles. The summed E-state index contributed by atoms with van der Waals surface area (Å²) in [5, 5.41) is 9.49. The molecule has 0 saturated carbocycles. The van der Waals surface area contributed by atoms with Gasteiger partial charge in [-0.25, -0.2) is 8.78 Å². The Hall–Kier alpha value is -1.00. The van der Waals surface area contributed by atoms with Gasteiger partial charge in [-0.05, 0) is 37.6 Å². The summed E-state index contributed by atoms with van der Waals surface area (Å²) in [6.45, 7) is 0.425. The Labute approximate surface area is 81.4 Å². The van der Waals surface area contributed by atoms with Crippen LogP contribution in [0.5, 0.6) is 0 Å². The summed E-state index contributed by atoms with van der Waals surface area (Å²) >= 11 is 0. The third-order valence-electron chi connectivity index (χ3n) is 2.00. The van der Waals surface area contributed by atoms with Crippen LogP contribution in [0.4, 0.5) is 8.78 Å². The Kier molecular flexibility index (Phi) is 3.98. The van der Waals surface area contributed by atoms with E-state index < -0.39 is 17.7 Å². The van der Waals surface area contributed by atoms with E-state index in [1.165, 1.54) is 0 Å². The van der Waals surface area contributed by atoms with Crippen LogP contribution in [0.3, 0.4) is 0 Å². The van der Waals surface area contributed by atoms with E-state index in [2.05, 4.69) is 0 Å². The van der Waals surface area contributed by atoms with Gasteiger partial charge in [0.05, 0.1) is 6.10 Å². The highest BCUT2D eigenvalue weighted by Crippen LogP contribution is 2.21. The zero-order chi connectivity index (χ0) is 10.6. The average molecular weight is 201 g/mol. The molecule has 1 aromatic rings. The molecule has 14 heavy (non-hydrogen) atoms. The normalized spacial score (nSPS) is 12.9. The molecule has 3 N–H and O–H groups in total. The highest BCUT2D eigenvalue weighted by atomic mass is 19.1. The molecule has 4 heteroatoms. The molecule has 78 valence electrons. The lowest BCUT2D eigenvalue weighted by molar-refractivity contribution is 0.160. The zero-order valence-electron chi connectivity index (χ0n) is 7.71. The third kappa shape index (κ3) is 2.75. The van der Waals surface area contributed by atoms with Gasteiger partial charge in [-0.2, -0.15) is 0 Å². The van der Waals surface area contributed by atoms with Crippen LogP contribution in [0.1, 0.15) is 24.5 Å². The monoisotopic (exact) mass is 201 g/mol. The topological polar surface area (TPSA) is 46.2 Å². The minimum atomic E-state index is -0.978. The van der Waals surface area contributed by atoms with Crippen molar-refractivity contribution >= 4 is 0 Å². The predicted octanol–water partition coefficient (Wildman–Crippen LogP) is 1.74. The van der Waals surface area contributed by atoms with Gasteiger partial charge in [-0.15, -0.1) is 0 Å². The summed E-state index contributed by atoms with van der Waals surface area (Å²) in [6, 6.07) is 3.04. The lowest BCUT2D eigenvalue weighted by Crippen LogP contribution is -2.05. The van der Waals surface area contributed by atoms with Gasteiger partial charge in [0, 0.05) is 5.56 Å². The largest absolute Gasteiger partial charge is 0.388 e. The van der Waals surface area contributed by atoms with E-state index in [9.17, 15) is 13.9 Å². The lowest BCUT2D eigenvalue weighted by Gasteiger charge is -2.11. The van der Waals surface area contributed by atoms with Crippen molar-refractivity contribution in [1.82, 2.24) is 0 Å². The van der Waals surface area contributed by atoms with E-state index >= 15 is 0 Å². The first kappa shape index (κ1) is 11.1. The van der Waals surface area contributed by atoms with Gasteiger partial charge in [0.25, 0.3) is 0 Å². The number of benzene rings is 1. The molecule has 1 unspecified atom stereocenters. The summed E-state index contributed by atoms with van der Waals surface area (Å²) in [4.78, 5) is 0. The first-order valence-electron chi connectivity index (χ1n) is 4.48. The van der Waals surface area contributed by atoms with Crippen molar-refractivity contribution in [3.05, 3.63) is 35.4 Å². The fraction of sp³-hybridized carbons (Fsp3) is 0.400. The standard InChI is InChI=1S/C10H13F2NO/c11-7-3-4-9(12)8(6-7)10(14)2-1-5-13/h3-4,6,10,14H,1-2,5,13H2. The Morgan fingerprint density at radius 1 is 1.36 bits per heavy atom. The maximum Gasteiger partial charge on any atom is 0.129 e. The van der Waals surface area contributed by atoms with Crippen LogP contribution in [0.15, 0.2) is 18.2 Å². The van der Waals surface area contributed by atoms with Crippen LogP contribution in [0.2, 0.25) is 0 Å². The molecule has 0 aliphatic carbocycles. The summed E-state index contributed by atoms with van der Waals surface area (Å²) in [7, 11) is 0. The quantitative estimate of drug-likeness (QED) is 0.779. The van der Waals surface area contributed by atoms with Gasteiger partial charge >= 0.3 is 0 Å². The van der Waals surface area contributed by atoms with Crippen LogP contribution in [0, 0.1) is 11.6 Å². The van der Waals surface area contributed by atoms with E-state index in [1.807, 2.05) is 0 Å². The van der Waals surface area contributed by atoms with Crippen molar-refractivity contribution in [2.45, 2.75) is 18.9 Å². The van der Waals surface area contributed by atoms with E-state index in [-0.39, 0.29) is 5.56 Å². The Balaban J connectivity index is 2.77. The number of hydrogen-bond acceptors (Lipinski definition) is 2. The Bertz CT molecular complexity index is 304. The molecule has 2 nitrogen and oxygen atoms in total. The molecular weight excluding hydrogens is 188 g/mol. The molecule has 0 bridgehead atoms. The summed E-state index contributed by atoms with van der Waals surface area (Å²) in [5.74, 6) is -1.14. The number of aliphatic hydroxyl groups excluding tert-OH is 1. The average Bonchev–Trinajstić information content (AvgIpc) is 2.18. The molecule has 0 fully saturated rings. The molecule has 1 atom stereocenters. The number of hydrogen-bond donors (Lipinski definition) is 2. The van der Waals surface area contributed by atoms with Crippen molar-refractivity contribution in [1.29, 1.82) is 0 Å². The highest BCUT2D eigenvalue weighted by molar-refractivity contribution is 5.20. The second-order valence-electron chi connectivity index (χ2n) is 3.11. The lowest BCUT2D eigenvalue weighted by atomic mass is 10.0. The van der Waals surface area contributed by atoms with Crippen molar-refractivity contribution in [2.24, 2.45) is 5.73 Å². The van der Waals surface area contributed by atoms with E-state index in [0.29, 0.717) is 19.4 Å². The molecule has 1 aromatic carbocycles. The highest BCUT2D eigenvalue weighted by Gasteiger charge is 2.12. The molecule has 1 rings (SSSR count). The summed E-state index contributed by atoms with van der Waals surface area (Å²) in [6.07, 6.45) is -0.0529. The van der Waals surface area contributed by atoms with Crippen LogP contribution in [-0.4, -0.2) is 11.7 Å². The van der Waals surface area contributed by atoms with Gasteiger partial charge < -0.3 is 10.8 Å². The van der Waals surface area contributed by atoms with Crippen LogP contribution < -0.4 is 5.73 Å². The van der Waals surface area contributed by atoms with Crippen LogP contribution in [0.25, 0.3) is 0 Å². The fourth-order valence-corrected chi connectivity index (χ4v) is 1.24. The number of aliphatic hydroxyl groups is 1. The number of nitrogens with two attached hydrogens (primary N) is 1. The first-order valence-corrected chi connectivity index (χ1v) is 4.48. The number of rotatable bonds is 4. The van der Waals surface area contributed by atoms with E-state index in [4.69, 9.17) is 5.73 Å². The van der Waals surface area contributed by atoms with Gasteiger partial charge in [-0.1, -0.05) is 0 Å². The first-order chi connectivity index (χ1) is 6.65. The van der Waals surface area contributed by atoms with Gasteiger partial charge in [0.15, 0.2) is 0 Å². The molecule has 0 radical (unpaired) electrons. The minimum absolute atomic E-state index is 0.00144. The fourth-order valence-electron chi connectivity index (χ4n) is 1.24. The molecule has 0 aromatic heterocycles.